The van der Waals surface area contributed by atoms with E-state index in [9.17, 15) is 0 Å². The van der Waals surface area contributed by atoms with Crippen LogP contribution in [-0.4, -0.2) is 9.13 Å². The smallest absolute Gasteiger partial charge is 0.0755 e. The van der Waals surface area contributed by atoms with Crippen LogP contribution >= 0.6 is 0 Å². The van der Waals surface area contributed by atoms with Crippen molar-refractivity contribution in [3.63, 3.8) is 0 Å². The van der Waals surface area contributed by atoms with E-state index < -0.39 is 5.41 Å². The molecule has 2 aliphatic rings. The number of fused-ring (bicyclic) bond motifs is 19. The maximum atomic E-state index is 2.55. The van der Waals surface area contributed by atoms with Gasteiger partial charge in [0.05, 0.1) is 50.2 Å². The number of para-hydroxylation sites is 7. The van der Waals surface area contributed by atoms with E-state index in [4.69, 9.17) is 0 Å². The third kappa shape index (κ3) is 8.93. The van der Waals surface area contributed by atoms with Gasteiger partial charge in [0.1, 0.15) is 0 Å². The molecule has 2 aromatic heterocycles. The predicted molar refractivity (Wildman–Crippen MR) is 436 cm³/mol. The van der Waals surface area contributed by atoms with E-state index in [1.165, 1.54) is 99.0 Å². The summed E-state index contributed by atoms with van der Waals surface area (Å²) in [5, 5.41) is 9.41. The second kappa shape index (κ2) is 23.7. The third-order valence-corrected chi connectivity index (χ3v) is 22.0. The standard InChI is InChI=1S/C99H65N5/c1-6-28-66(29-7-1)68-50-54-73(55-51-68)103-91-46-24-20-40-81(91)85-64-95(79-38-16-18-42-83(79)97(85)103)100(70-32-10-3-11-33-70)75-58-60-77-78-61-59-76(63-90(78)99(89(77)62-75)87-44-22-26-48-93(87)102(72-36-14-5-15-37-72)94-49-27-23-45-88(94)99)101(71-34-12-4-13-35-71)96-65-86-82-41-21-25-47-92(82)104(98(86)84-43-19-17-39-80(84)96)74-56-52-69(53-57-74)67-30-8-2-9-31-67/h1-65H. The van der Waals surface area contributed by atoms with Crippen LogP contribution in [0.4, 0.5) is 51.2 Å². The molecule has 3 heterocycles. The van der Waals surface area contributed by atoms with Gasteiger partial charge in [-0.25, -0.2) is 0 Å². The molecule has 0 atom stereocenters. The molecule has 0 radical (unpaired) electrons. The molecule has 1 aliphatic heterocycles. The fourth-order valence-corrected chi connectivity index (χ4v) is 17.6. The Labute approximate surface area is 603 Å². The van der Waals surface area contributed by atoms with E-state index in [-0.39, 0.29) is 0 Å². The average Bonchev–Trinajstić information content (AvgIpc) is 1.29. The van der Waals surface area contributed by atoms with Crippen LogP contribution in [0.5, 0.6) is 0 Å². The normalized spacial score (nSPS) is 12.7. The van der Waals surface area contributed by atoms with Crippen LogP contribution in [0.2, 0.25) is 0 Å². The fourth-order valence-electron chi connectivity index (χ4n) is 17.6. The van der Waals surface area contributed by atoms with Crippen molar-refractivity contribution < 1.29 is 0 Å². The quantitative estimate of drug-likeness (QED) is 0.129. The molecule has 21 rings (SSSR count). The van der Waals surface area contributed by atoms with Crippen molar-refractivity contribution in [2.24, 2.45) is 0 Å². The van der Waals surface area contributed by atoms with Crippen molar-refractivity contribution in [1.82, 2.24) is 9.13 Å². The number of aromatic nitrogens is 2. The summed E-state index contributed by atoms with van der Waals surface area (Å²) in [6, 6.07) is 146. The number of benzene rings is 17. The minimum absolute atomic E-state index is 0.842. The molecule has 104 heavy (non-hydrogen) atoms. The largest absolute Gasteiger partial charge is 0.310 e. The molecule has 17 aromatic carbocycles. The van der Waals surface area contributed by atoms with Crippen LogP contribution in [0.3, 0.4) is 0 Å². The summed E-state index contributed by atoms with van der Waals surface area (Å²) >= 11 is 0. The molecule has 19 aromatic rings. The Balaban J connectivity index is 0.800. The van der Waals surface area contributed by atoms with E-state index in [2.05, 4.69) is 418 Å². The summed E-state index contributed by atoms with van der Waals surface area (Å²) in [6.45, 7) is 0. The number of hydrogen-bond donors (Lipinski definition) is 0. The Morgan fingerprint density at radius 1 is 0.212 bits per heavy atom. The minimum Gasteiger partial charge on any atom is -0.310 e. The van der Waals surface area contributed by atoms with Gasteiger partial charge in [0.25, 0.3) is 0 Å². The van der Waals surface area contributed by atoms with Gasteiger partial charge in [0.2, 0.25) is 0 Å². The van der Waals surface area contributed by atoms with Crippen LogP contribution in [0.25, 0.3) is 110 Å². The molecule has 0 amide bonds. The SMILES string of the molecule is c1ccc(-c2ccc(-n3c4ccccc4c4cc(N(c5ccccc5)c5ccc6c(c5)C5(c7cc(N(c8ccccc8)c8cc9c%10ccccc%10n(-c%10ccc(-c%11ccccc%11)cc%10)c9c9ccccc89)ccc7-6)c6ccccc6N(c6ccccc6)c6ccccc65)c5ccccc5c43)cc2)cc1. The monoisotopic (exact) mass is 1320 g/mol. The first-order valence-electron chi connectivity index (χ1n) is 35.9. The van der Waals surface area contributed by atoms with Gasteiger partial charge in [-0.05, 0) is 177 Å². The molecule has 5 heteroatoms. The number of hydrogen-bond acceptors (Lipinski definition) is 3. The average molecular weight is 1320 g/mol. The molecule has 486 valence electrons. The van der Waals surface area contributed by atoms with Crippen molar-refractivity contribution in [3.05, 3.63) is 417 Å². The van der Waals surface area contributed by atoms with Gasteiger partial charge in [0, 0.05) is 82.9 Å². The number of anilines is 9. The van der Waals surface area contributed by atoms with Crippen LogP contribution in [0.1, 0.15) is 22.3 Å². The first-order chi connectivity index (χ1) is 51.6. The number of rotatable bonds is 11. The lowest BCUT2D eigenvalue weighted by molar-refractivity contribution is 0.752. The molecule has 1 aliphatic carbocycles. The van der Waals surface area contributed by atoms with Crippen molar-refractivity contribution in [3.8, 4) is 44.8 Å². The van der Waals surface area contributed by atoms with Crippen molar-refractivity contribution in [2.45, 2.75) is 5.41 Å². The lowest BCUT2D eigenvalue weighted by Gasteiger charge is -2.45. The van der Waals surface area contributed by atoms with Gasteiger partial charge >= 0.3 is 0 Å². The topological polar surface area (TPSA) is 19.6 Å². The third-order valence-electron chi connectivity index (χ3n) is 22.0. The summed E-state index contributed by atoms with van der Waals surface area (Å²) < 4.78 is 4.95. The van der Waals surface area contributed by atoms with Crippen molar-refractivity contribution in [1.29, 1.82) is 0 Å². The Morgan fingerprint density at radius 3 is 0.971 bits per heavy atom. The zero-order valence-electron chi connectivity index (χ0n) is 56.8. The zero-order valence-corrected chi connectivity index (χ0v) is 56.8. The molecular formula is C99H65N5. The van der Waals surface area contributed by atoms with Gasteiger partial charge in [-0.15, -0.1) is 0 Å². The highest BCUT2D eigenvalue weighted by Gasteiger charge is 2.52. The molecule has 0 unspecified atom stereocenters. The van der Waals surface area contributed by atoms with Crippen LogP contribution < -0.4 is 14.7 Å². The summed E-state index contributed by atoms with van der Waals surface area (Å²) in [4.78, 5) is 7.53. The second-order valence-electron chi connectivity index (χ2n) is 27.5. The van der Waals surface area contributed by atoms with Gasteiger partial charge in [-0.3, -0.25) is 0 Å². The lowest BCUT2D eigenvalue weighted by atomic mass is 9.64. The van der Waals surface area contributed by atoms with Gasteiger partial charge in [0.15, 0.2) is 0 Å². The van der Waals surface area contributed by atoms with E-state index >= 15 is 0 Å². The summed E-state index contributed by atoms with van der Waals surface area (Å²) in [7, 11) is 0. The van der Waals surface area contributed by atoms with Crippen LogP contribution in [-0.2, 0) is 5.41 Å². The fraction of sp³-hybridized carbons (Fsp3) is 0.0101. The van der Waals surface area contributed by atoms with Crippen LogP contribution in [0.15, 0.2) is 394 Å². The Kier molecular flexibility index (Phi) is 13.5. The first-order valence-corrected chi connectivity index (χ1v) is 35.9. The molecule has 0 fully saturated rings. The summed E-state index contributed by atoms with van der Waals surface area (Å²) in [6.07, 6.45) is 0. The van der Waals surface area contributed by atoms with Gasteiger partial charge in [-0.2, -0.15) is 0 Å². The van der Waals surface area contributed by atoms with Gasteiger partial charge < -0.3 is 23.8 Å². The van der Waals surface area contributed by atoms with Crippen LogP contribution in [0, 0.1) is 0 Å². The predicted octanol–water partition coefficient (Wildman–Crippen LogP) is 26.6. The summed E-state index contributed by atoms with van der Waals surface area (Å²) in [5.74, 6) is 0. The molecule has 0 saturated carbocycles. The van der Waals surface area contributed by atoms with Gasteiger partial charge in [-0.1, -0.05) is 273 Å². The molecule has 0 bridgehead atoms. The second-order valence-corrected chi connectivity index (χ2v) is 27.5. The van der Waals surface area contributed by atoms with E-state index in [0.29, 0.717) is 0 Å². The van der Waals surface area contributed by atoms with Crippen molar-refractivity contribution >= 4 is 116 Å². The molecule has 5 nitrogen and oxygen atoms in total. The van der Waals surface area contributed by atoms with E-state index in [1.54, 1.807) is 0 Å². The van der Waals surface area contributed by atoms with Crippen molar-refractivity contribution in [2.75, 3.05) is 14.7 Å². The molecule has 0 N–H and O–H groups in total. The molecule has 0 saturated heterocycles. The maximum Gasteiger partial charge on any atom is 0.0755 e. The number of nitrogens with zero attached hydrogens (tertiary/aromatic N) is 5. The Bertz CT molecular complexity index is 6200. The Hall–Kier alpha value is -13.7. The highest BCUT2D eigenvalue weighted by Crippen LogP contribution is 2.65. The lowest BCUT2D eigenvalue weighted by Crippen LogP contribution is -2.36. The maximum absolute atomic E-state index is 2.55. The minimum atomic E-state index is -0.842. The summed E-state index contributed by atoms with van der Waals surface area (Å²) in [5.41, 5.74) is 27.9. The first kappa shape index (κ1) is 59.2. The zero-order chi connectivity index (χ0) is 68.4. The molecular weight excluding hydrogens is 1260 g/mol. The van der Waals surface area contributed by atoms with E-state index in [1.807, 2.05) is 0 Å². The highest BCUT2D eigenvalue weighted by molar-refractivity contribution is 6.24. The Morgan fingerprint density at radius 2 is 0.548 bits per heavy atom. The van der Waals surface area contributed by atoms with E-state index in [0.717, 1.165) is 84.4 Å². The highest BCUT2D eigenvalue weighted by atomic mass is 15.2. The molecule has 1 spiro atoms.